The monoisotopic (exact) mass is 534 g/mol. The second-order valence-electron chi connectivity index (χ2n) is 5.78. The third-order valence-electron chi connectivity index (χ3n) is 3.85. The Hall–Kier alpha value is -2.07. The Balaban J connectivity index is 1.86. The van der Waals surface area contributed by atoms with Crippen molar-refractivity contribution in [3.05, 3.63) is 68.4 Å². The Morgan fingerprint density at radius 3 is 2.61 bits per heavy atom. The number of nitrogens with two attached hydrogens (primary N) is 1. The summed E-state index contributed by atoms with van der Waals surface area (Å²) in [6.07, 6.45) is 0. The van der Waals surface area contributed by atoms with Gasteiger partial charge in [-0.15, -0.1) is 16.4 Å². The van der Waals surface area contributed by atoms with Crippen molar-refractivity contribution < 1.29 is 4.42 Å². The van der Waals surface area contributed by atoms with Gasteiger partial charge >= 0.3 is 0 Å². The van der Waals surface area contributed by atoms with Gasteiger partial charge in [-0.25, -0.2) is 4.98 Å². The van der Waals surface area contributed by atoms with E-state index >= 15 is 0 Å². The van der Waals surface area contributed by atoms with Crippen LogP contribution >= 0.6 is 55.4 Å². The molecule has 0 aliphatic rings. The molecule has 28 heavy (non-hydrogen) atoms. The lowest BCUT2D eigenvalue weighted by Gasteiger charge is -2.04. The SMILES string of the molecule is NC(=S)N/N=c1\oc2ccc(Br)cc2cc1-c1nc(-c2ccc(Br)cc2)cs1. The van der Waals surface area contributed by atoms with E-state index in [1.807, 2.05) is 53.9 Å². The van der Waals surface area contributed by atoms with Crippen LogP contribution in [0.25, 0.3) is 32.8 Å². The van der Waals surface area contributed by atoms with Gasteiger partial charge in [0.1, 0.15) is 10.6 Å². The Morgan fingerprint density at radius 1 is 1.11 bits per heavy atom. The Morgan fingerprint density at radius 2 is 1.86 bits per heavy atom. The molecule has 0 amide bonds. The Kier molecular flexibility index (Phi) is 5.58. The van der Waals surface area contributed by atoms with Crippen molar-refractivity contribution in [2.24, 2.45) is 10.8 Å². The molecular formula is C19H12Br2N4OS2. The van der Waals surface area contributed by atoms with Crippen LogP contribution in [0.1, 0.15) is 0 Å². The first-order chi connectivity index (χ1) is 13.5. The molecule has 0 bridgehead atoms. The minimum Gasteiger partial charge on any atom is -0.436 e. The minimum absolute atomic E-state index is 0.0618. The summed E-state index contributed by atoms with van der Waals surface area (Å²) < 4.78 is 7.96. The molecule has 0 fully saturated rings. The molecule has 4 rings (SSSR count). The van der Waals surface area contributed by atoms with Gasteiger partial charge in [-0.3, -0.25) is 5.43 Å². The normalized spacial score (nSPS) is 11.7. The molecule has 0 radical (unpaired) electrons. The molecule has 4 aromatic rings. The second-order valence-corrected chi connectivity index (χ2v) is 8.91. The number of nitrogens with zero attached hydrogens (tertiary/aromatic N) is 2. The summed E-state index contributed by atoms with van der Waals surface area (Å²) >= 11 is 13.3. The number of thiocarbonyl (C=S) groups is 1. The van der Waals surface area contributed by atoms with E-state index in [-0.39, 0.29) is 5.11 Å². The van der Waals surface area contributed by atoms with E-state index in [0.29, 0.717) is 11.1 Å². The van der Waals surface area contributed by atoms with E-state index in [1.54, 1.807) is 0 Å². The lowest BCUT2D eigenvalue weighted by atomic mass is 10.1. The third kappa shape index (κ3) is 4.17. The van der Waals surface area contributed by atoms with Gasteiger partial charge in [0.2, 0.25) is 5.55 Å². The maximum atomic E-state index is 5.98. The summed E-state index contributed by atoms with van der Waals surface area (Å²) in [5.41, 5.74) is 11.8. The first-order valence-electron chi connectivity index (χ1n) is 8.04. The van der Waals surface area contributed by atoms with Gasteiger partial charge in [-0.1, -0.05) is 44.0 Å². The van der Waals surface area contributed by atoms with Gasteiger partial charge in [0.25, 0.3) is 0 Å². The van der Waals surface area contributed by atoms with Crippen LogP contribution in [-0.2, 0) is 0 Å². The Bertz CT molecular complexity index is 1250. The van der Waals surface area contributed by atoms with Crippen molar-refractivity contribution in [2.45, 2.75) is 0 Å². The number of aromatic nitrogens is 1. The van der Waals surface area contributed by atoms with E-state index in [0.717, 1.165) is 36.2 Å². The number of fused-ring (bicyclic) bond motifs is 1. The molecular weight excluding hydrogens is 524 g/mol. The van der Waals surface area contributed by atoms with Crippen molar-refractivity contribution in [3.63, 3.8) is 0 Å². The summed E-state index contributed by atoms with van der Waals surface area (Å²) in [4.78, 5) is 4.78. The molecule has 2 aromatic carbocycles. The van der Waals surface area contributed by atoms with Crippen LogP contribution in [0.4, 0.5) is 0 Å². The lowest BCUT2D eigenvalue weighted by molar-refractivity contribution is 0.533. The molecule has 0 aliphatic heterocycles. The van der Waals surface area contributed by atoms with Gasteiger partial charge in [0.05, 0.1) is 11.3 Å². The number of benzene rings is 2. The van der Waals surface area contributed by atoms with E-state index in [2.05, 4.69) is 42.4 Å². The highest BCUT2D eigenvalue weighted by molar-refractivity contribution is 9.10. The predicted molar refractivity (Wildman–Crippen MR) is 124 cm³/mol. The van der Waals surface area contributed by atoms with Crippen LogP contribution in [0.15, 0.2) is 72.4 Å². The molecule has 2 heterocycles. The zero-order valence-corrected chi connectivity index (χ0v) is 19.0. The van der Waals surface area contributed by atoms with Gasteiger partial charge in [0, 0.05) is 25.3 Å². The molecule has 2 aromatic heterocycles. The van der Waals surface area contributed by atoms with Crippen LogP contribution in [0.3, 0.4) is 0 Å². The summed E-state index contributed by atoms with van der Waals surface area (Å²) in [5.74, 6) is 0. The fourth-order valence-electron chi connectivity index (χ4n) is 2.59. The van der Waals surface area contributed by atoms with Crippen molar-refractivity contribution in [2.75, 3.05) is 0 Å². The average Bonchev–Trinajstić information content (AvgIpc) is 3.16. The van der Waals surface area contributed by atoms with Crippen molar-refractivity contribution in [1.82, 2.24) is 10.4 Å². The van der Waals surface area contributed by atoms with E-state index < -0.39 is 0 Å². The maximum absolute atomic E-state index is 5.98. The van der Waals surface area contributed by atoms with Crippen LogP contribution in [-0.4, -0.2) is 10.1 Å². The van der Waals surface area contributed by atoms with E-state index in [9.17, 15) is 0 Å². The minimum atomic E-state index is 0.0618. The standard InChI is InChI=1S/C19H12Br2N4OS2/c20-12-3-1-10(2-4-12)15-9-28-18(23-15)14-8-11-7-13(21)5-6-16(11)26-17(14)24-25-19(22)27/h1-9H,(H3,22,25,27)/b24-17-. The van der Waals surface area contributed by atoms with E-state index in [4.69, 9.17) is 27.4 Å². The van der Waals surface area contributed by atoms with Crippen LogP contribution in [0.2, 0.25) is 0 Å². The summed E-state index contributed by atoms with van der Waals surface area (Å²) in [5, 5.41) is 8.00. The molecule has 0 unspecified atom stereocenters. The van der Waals surface area contributed by atoms with Crippen LogP contribution < -0.4 is 16.7 Å². The fraction of sp³-hybridized carbons (Fsp3) is 0. The molecule has 0 atom stereocenters. The van der Waals surface area contributed by atoms with Gasteiger partial charge in [-0.05, 0) is 48.6 Å². The molecule has 0 saturated heterocycles. The van der Waals surface area contributed by atoms with Gasteiger partial charge in [0.15, 0.2) is 5.11 Å². The quantitative estimate of drug-likeness (QED) is 0.271. The average molecular weight is 536 g/mol. The molecule has 0 aliphatic carbocycles. The van der Waals surface area contributed by atoms with E-state index in [1.165, 1.54) is 11.3 Å². The van der Waals surface area contributed by atoms with Gasteiger partial charge in [-0.2, -0.15) is 0 Å². The molecule has 0 saturated carbocycles. The number of hydrogen-bond acceptors (Lipinski definition) is 5. The van der Waals surface area contributed by atoms with Crippen LogP contribution in [0.5, 0.6) is 0 Å². The third-order valence-corrected chi connectivity index (χ3v) is 5.84. The lowest BCUT2D eigenvalue weighted by Crippen LogP contribution is -2.27. The fourth-order valence-corrected chi connectivity index (χ4v) is 4.12. The largest absolute Gasteiger partial charge is 0.436 e. The van der Waals surface area contributed by atoms with Gasteiger partial charge < -0.3 is 10.2 Å². The number of rotatable bonds is 3. The molecule has 3 N–H and O–H groups in total. The summed E-state index contributed by atoms with van der Waals surface area (Å²) in [7, 11) is 0. The molecule has 5 nitrogen and oxygen atoms in total. The first-order valence-corrected chi connectivity index (χ1v) is 10.9. The molecule has 0 spiro atoms. The number of nitrogens with one attached hydrogen (secondary N) is 1. The summed E-state index contributed by atoms with van der Waals surface area (Å²) in [6, 6.07) is 15.8. The number of halogens is 2. The smallest absolute Gasteiger partial charge is 0.246 e. The predicted octanol–water partition coefficient (Wildman–Crippen LogP) is 5.40. The Labute approximate surface area is 186 Å². The maximum Gasteiger partial charge on any atom is 0.246 e. The second kappa shape index (κ2) is 8.12. The van der Waals surface area contributed by atoms with Crippen LogP contribution in [0, 0.1) is 0 Å². The van der Waals surface area contributed by atoms with Crippen molar-refractivity contribution in [3.8, 4) is 21.8 Å². The zero-order valence-electron chi connectivity index (χ0n) is 14.1. The first kappa shape index (κ1) is 19.3. The number of thiazole rings is 1. The molecule has 140 valence electrons. The molecule has 9 heteroatoms. The van der Waals surface area contributed by atoms with Crippen molar-refractivity contribution >= 4 is 71.5 Å². The highest BCUT2D eigenvalue weighted by Gasteiger charge is 2.12. The number of hydrogen-bond donors (Lipinski definition) is 2. The van der Waals surface area contributed by atoms with Crippen molar-refractivity contribution in [1.29, 1.82) is 0 Å². The highest BCUT2D eigenvalue weighted by Crippen LogP contribution is 2.30. The summed E-state index contributed by atoms with van der Waals surface area (Å²) in [6.45, 7) is 0. The highest BCUT2D eigenvalue weighted by atomic mass is 79.9. The topological polar surface area (TPSA) is 76.4 Å². The zero-order chi connectivity index (χ0) is 19.7.